The predicted molar refractivity (Wildman–Crippen MR) is 58.9 cm³/mol. The molecule has 0 aromatic rings. The first-order valence-corrected chi connectivity index (χ1v) is 5.46. The number of hydrogen-bond acceptors (Lipinski definition) is 1. The maximum Gasteiger partial charge on any atom is 0.223 e. The van der Waals surface area contributed by atoms with Crippen LogP contribution in [0.25, 0.3) is 0 Å². The van der Waals surface area contributed by atoms with Crippen molar-refractivity contribution < 1.29 is 4.79 Å². The minimum atomic E-state index is 0.170. The van der Waals surface area contributed by atoms with Crippen molar-refractivity contribution in [1.82, 2.24) is 5.32 Å². The van der Waals surface area contributed by atoms with Crippen LogP contribution in [0.3, 0.4) is 0 Å². The molecule has 1 N–H and O–H groups in total. The normalized spacial score (nSPS) is 25.4. The van der Waals surface area contributed by atoms with Gasteiger partial charge in [0, 0.05) is 12.5 Å². The average Bonchev–Trinajstić information content (AvgIpc) is 2.13. The third-order valence-electron chi connectivity index (χ3n) is 3.24. The fourth-order valence-corrected chi connectivity index (χ4v) is 2.28. The molecule has 2 heteroatoms. The lowest BCUT2D eigenvalue weighted by molar-refractivity contribution is -0.129. The molecule has 0 heterocycles. The Morgan fingerprint density at radius 2 is 2.29 bits per heavy atom. The lowest BCUT2D eigenvalue weighted by Gasteiger charge is -2.37. The predicted octanol–water partition coefficient (Wildman–Crippen LogP) is 2.51. The summed E-state index contributed by atoms with van der Waals surface area (Å²) in [5, 5.41) is 2.90. The van der Waals surface area contributed by atoms with Crippen LogP contribution in [0.2, 0.25) is 0 Å². The van der Waals surface area contributed by atoms with Crippen molar-refractivity contribution in [1.29, 1.82) is 0 Å². The summed E-state index contributed by atoms with van der Waals surface area (Å²) in [6, 6.07) is 0. The fourth-order valence-electron chi connectivity index (χ4n) is 2.28. The Hall–Kier alpha value is -0.790. The molecule has 0 bridgehead atoms. The molecule has 0 radical (unpaired) electrons. The Morgan fingerprint density at radius 3 is 2.86 bits per heavy atom. The van der Waals surface area contributed by atoms with Crippen LogP contribution >= 0.6 is 0 Å². The van der Waals surface area contributed by atoms with E-state index in [-0.39, 0.29) is 17.2 Å². The molecular weight excluding hydrogens is 174 g/mol. The molecule has 0 spiro atoms. The van der Waals surface area contributed by atoms with Gasteiger partial charge in [0.25, 0.3) is 0 Å². The number of carbonyl (C=O) groups excluding carboxylic acids is 1. The number of nitrogens with one attached hydrogen (secondary N) is 1. The van der Waals surface area contributed by atoms with Gasteiger partial charge in [-0.05, 0) is 18.3 Å². The summed E-state index contributed by atoms with van der Waals surface area (Å²) >= 11 is 0. The van der Waals surface area contributed by atoms with Crippen molar-refractivity contribution in [3.8, 4) is 0 Å². The number of amides is 1. The third-order valence-corrected chi connectivity index (χ3v) is 3.24. The van der Waals surface area contributed by atoms with Gasteiger partial charge in [-0.1, -0.05) is 32.8 Å². The van der Waals surface area contributed by atoms with E-state index in [1.165, 1.54) is 19.3 Å². The van der Waals surface area contributed by atoms with Crippen LogP contribution in [-0.4, -0.2) is 12.5 Å². The van der Waals surface area contributed by atoms with Crippen molar-refractivity contribution in [2.75, 3.05) is 6.54 Å². The minimum absolute atomic E-state index is 0.170. The van der Waals surface area contributed by atoms with Crippen LogP contribution in [0.5, 0.6) is 0 Å². The van der Waals surface area contributed by atoms with E-state index in [9.17, 15) is 4.79 Å². The third kappa shape index (κ3) is 2.60. The van der Waals surface area contributed by atoms with Crippen LogP contribution < -0.4 is 5.32 Å². The van der Waals surface area contributed by atoms with E-state index in [1.807, 2.05) is 0 Å². The van der Waals surface area contributed by atoms with Crippen LogP contribution in [0, 0.1) is 11.3 Å². The Balaban J connectivity index is 2.55. The molecule has 1 aliphatic rings. The van der Waals surface area contributed by atoms with Gasteiger partial charge in [-0.3, -0.25) is 4.79 Å². The summed E-state index contributed by atoms with van der Waals surface area (Å²) in [5.41, 5.74) is 0.170. The van der Waals surface area contributed by atoms with E-state index in [0.717, 1.165) is 6.42 Å². The molecule has 1 aliphatic carbocycles. The highest BCUT2D eigenvalue weighted by molar-refractivity contribution is 5.79. The first-order chi connectivity index (χ1) is 6.58. The molecule has 2 nitrogen and oxygen atoms in total. The van der Waals surface area contributed by atoms with Crippen molar-refractivity contribution in [3.63, 3.8) is 0 Å². The van der Waals surface area contributed by atoms with Crippen LogP contribution in [0.1, 0.15) is 39.5 Å². The second kappa shape index (κ2) is 4.63. The summed E-state index contributed by atoms with van der Waals surface area (Å²) in [4.78, 5) is 11.8. The number of rotatable bonds is 3. The highest BCUT2D eigenvalue weighted by Gasteiger charge is 2.36. The van der Waals surface area contributed by atoms with Gasteiger partial charge in [0.2, 0.25) is 5.91 Å². The minimum Gasteiger partial charge on any atom is -0.352 e. The van der Waals surface area contributed by atoms with E-state index in [0.29, 0.717) is 6.54 Å². The molecule has 1 rings (SSSR count). The first-order valence-electron chi connectivity index (χ1n) is 5.46. The average molecular weight is 195 g/mol. The van der Waals surface area contributed by atoms with Gasteiger partial charge in [0.05, 0.1) is 0 Å². The number of hydrogen-bond donors (Lipinski definition) is 1. The van der Waals surface area contributed by atoms with Crippen LogP contribution in [0.4, 0.5) is 0 Å². The van der Waals surface area contributed by atoms with E-state index in [4.69, 9.17) is 0 Å². The van der Waals surface area contributed by atoms with Crippen molar-refractivity contribution in [2.24, 2.45) is 11.3 Å². The summed E-state index contributed by atoms with van der Waals surface area (Å²) in [6.45, 7) is 8.59. The van der Waals surface area contributed by atoms with Gasteiger partial charge in [-0.2, -0.15) is 0 Å². The molecule has 1 unspecified atom stereocenters. The Bertz CT molecular complexity index is 220. The second-order valence-corrected chi connectivity index (χ2v) is 4.82. The van der Waals surface area contributed by atoms with Gasteiger partial charge < -0.3 is 5.32 Å². The second-order valence-electron chi connectivity index (χ2n) is 4.82. The van der Waals surface area contributed by atoms with E-state index in [2.05, 4.69) is 25.7 Å². The Kier molecular flexibility index (Phi) is 3.73. The molecule has 1 fully saturated rings. The summed E-state index contributed by atoms with van der Waals surface area (Å²) < 4.78 is 0. The van der Waals surface area contributed by atoms with Crippen molar-refractivity contribution >= 4 is 5.91 Å². The van der Waals surface area contributed by atoms with Gasteiger partial charge in [0.15, 0.2) is 0 Å². The summed E-state index contributed by atoms with van der Waals surface area (Å²) in [7, 11) is 0. The Morgan fingerprint density at radius 1 is 1.57 bits per heavy atom. The quantitative estimate of drug-likeness (QED) is 0.689. The lowest BCUT2D eigenvalue weighted by Crippen LogP contribution is -2.41. The van der Waals surface area contributed by atoms with Crippen LogP contribution in [-0.2, 0) is 4.79 Å². The summed E-state index contributed by atoms with van der Waals surface area (Å²) in [6.07, 6.45) is 6.39. The van der Waals surface area contributed by atoms with E-state index >= 15 is 0 Å². The zero-order chi connectivity index (χ0) is 10.6. The van der Waals surface area contributed by atoms with E-state index < -0.39 is 0 Å². The fraction of sp³-hybridized carbons (Fsp3) is 0.750. The van der Waals surface area contributed by atoms with E-state index in [1.54, 1.807) is 6.08 Å². The first kappa shape index (κ1) is 11.3. The molecule has 1 saturated carbocycles. The van der Waals surface area contributed by atoms with Crippen molar-refractivity contribution in [2.45, 2.75) is 39.5 Å². The molecule has 1 atom stereocenters. The highest BCUT2D eigenvalue weighted by atomic mass is 16.1. The molecule has 0 aromatic heterocycles. The van der Waals surface area contributed by atoms with Gasteiger partial charge in [-0.25, -0.2) is 0 Å². The number of carbonyl (C=O) groups is 1. The van der Waals surface area contributed by atoms with Crippen LogP contribution in [0.15, 0.2) is 12.7 Å². The maximum absolute atomic E-state index is 11.8. The zero-order valence-corrected chi connectivity index (χ0v) is 9.31. The standard InChI is InChI=1S/C12H21NO/c1-4-9-13-11(14)10-7-5-6-8-12(10,2)3/h4,10H,1,5-9H2,2-3H3,(H,13,14). The molecule has 0 saturated heterocycles. The monoisotopic (exact) mass is 195 g/mol. The topological polar surface area (TPSA) is 29.1 Å². The lowest BCUT2D eigenvalue weighted by atomic mass is 9.68. The van der Waals surface area contributed by atoms with Gasteiger partial charge >= 0.3 is 0 Å². The summed E-state index contributed by atoms with van der Waals surface area (Å²) in [5.74, 6) is 0.394. The maximum atomic E-state index is 11.8. The smallest absolute Gasteiger partial charge is 0.223 e. The molecule has 0 aromatic carbocycles. The van der Waals surface area contributed by atoms with Crippen molar-refractivity contribution in [3.05, 3.63) is 12.7 Å². The molecule has 14 heavy (non-hydrogen) atoms. The largest absolute Gasteiger partial charge is 0.352 e. The molecule has 0 aliphatic heterocycles. The molecule has 80 valence electrons. The van der Waals surface area contributed by atoms with Gasteiger partial charge in [0.1, 0.15) is 0 Å². The highest BCUT2D eigenvalue weighted by Crippen LogP contribution is 2.40. The van der Waals surface area contributed by atoms with Gasteiger partial charge in [-0.15, -0.1) is 6.58 Å². The SMILES string of the molecule is C=CCNC(=O)C1CCCCC1(C)C. The molecule has 1 amide bonds. The Labute approximate surface area is 86.8 Å². The molecular formula is C12H21NO. The zero-order valence-electron chi connectivity index (χ0n) is 9.31.